The highest BCUT2D eigenvalue weighted by atomic mass is 35.5. The molecule has 25 heavy (non-hydrogen) atoms. The number of benzene rings is 1. The van der Waals surface area contributed by atoms with Crippen molar-refractivity contribution < 1.29 is 23.1 Å². The molecular formula is C17H24ClNO5S. The first-order valence-corrected chi connectivity index (χ1v) is 10.2. The van der Waals surface area contributed by atoms with E-state index in [0.717, 1.165) is 25.3 Å². The number of rotatable bonds is 6. The summed E-state index contributed by atoms with van der Waals surface area (Å²) >= 11 is 6.06. The number of carboxylic acid groups (broad SMARTS) is 1. The average Bonchev–Trinajstić information content (AvgIpc) is 2.60. The number of halogens is 1. The van der Waals surface area contributed by atoms with Crippen LogP contribution in [0.25, 0.3) is 0 Å². The molecule has 0 aromatic heterocycles. The summed E-state index contributed by atoms with van der Waals surface area (Å²) in [5.41, 5.74) is -0.260. The van der Waals surface area contributed by atoms with Crippen LogP contribution in [0.1, 0.15) is 43.5 Å². The maximum absolute atomic E-state index is 13.1. The van der Waals surface area contributed by atoms with E-state index in [9.17, 15) is 18.3 Å². The monoisotopic (exact) mass is 389 g/mol. The second-order valence-corrected chi connectivity index (χ2v) is 8.74. The SMILES string of the molecule is CC[C@@H]1C[C@H](CC)CN(S(=O)(=O)c2cc(Cl)c(OC)c(C(=O)O)c2)C1. The van der Waals surface area contributed by atoms with E-state index in [4.69, 9.17) is 16.3 Å². The minimum atomic E-state index is -3.82. The number of carbonyl (C=O) groups is 1. The molecule has 0 bridgehead atoms. The lowest BCUT2D eigenvalue weighted by Crippen LogP contribution is -2.43. The van der Waals surface area contributed by atoms with E-state index in [1.165, 1.54) is 17.5 Å². The zero-order chi connectivity index (χ0) is 18.8. The Kier molecular flexibility index (Phi) is 6.35. The molecule has 0 radical (unpaired) electrons. The molecule has 1 aromatic rings. The fraction of sp³-hybridized carbons (Fsp3) is 0.588. The van der Waals surface area contributed by atoms with Gasteiger partial charge in [-0.15, -0.1) is 0 Å². The van der Waals surface area contributed by atoms with E-state index in [0.29, 0.717) is 24.9 Å². The summed E-state index contributed by atoms with van der Waals surface area (Å²) in [6.45, 7) is 5.00. The largest absolute Gasteiger partial charge is 0.494 e. The maximum Gasteiger partial charge on any atom is 0.339 e. The van der Waals surface area contributed by atoms with Gasteiger partial charge in [0.1, 0.15) is 5.56 Å². The Morgan fingerprint density at radius 1 is 1.28 bits per heavy atom. The standard InChI is InChI=1S/C17H24ClNO5S/c1-4-11-6-12(5-2)10-19(9-11)25(22,23)13-7-14(17(20)21)16(24-3)15(18)8-13/h7-8,11-12H,4-6,9-10H2,1-3H3,(H,20,21)/t11-,12+. The van der Waals surface area contributed by atoms with Gasteiger partial charge >= 0.3 is 5.97 Å². The molecule has 1 fully saturated rings. The minimum Gasteiger partial charge on any atom is -0.494 e. The van der Waals surface area contributed by atoms with Crippen molar-refractivity contribution in [1.29, 1.82) is 0 Å². The molecular weight excluding hydrogens is 366 g/mol. The molecule has 1 aliphatic heterocycles. The minimum absolute atomic E-state index is 0.0305. The third-order valence-corrected chi connectivity index (χ3v) is 6.92. The molecule has 1 saturated heterocycles. The van der Waals surface area contributed by atoms with Gasteiger partial charge in [-0.1, -0.05) is 38.3 Å². The predicted octanol–water partition coefficient (Wildman–Crippen LogP) is 3.49. The number of aromatic carboxylic acids is 1. The van der Waals surface area contributed by atoms with Crippen LogP contribution in [0.3, 0.4) is 0 Å². The van der Waals surface area contributed by atoms with Crippen molar-refractivity contribution in [2.75, 3.05) is 20.2 Å². The summed E-state index contributed by atoms with van der Waals surface area (Å²) in [5, 5.41) is 9.30. The molecule has 140 valence electrons. The molecule has 0 unspecified atom stereocenters. The quantitative estimate of drug-likeness (QED) is 0.804. The first-order valence-electron chi connectivity index (χ1n) is 8.35. The number of hydrogen-bond acceptors (Lipinski definition) is 4. The van der Waals surface area contributed by atoms with Crippen LogP contribution in [0.4, 0.5) is 0 Å². The fourth-order valence-electron chi connectivity index (χ4n) is 3.29. The molecule has 0 spiro atoms. The van der Waals surface area contributed by atoms with Crippen LogP contribution in [-0.4, -0.2) is 44.0 Å². The van der Waals surface area contributed by atoms with E-state index < -0.39 is 16.0 Å². The number of methoxy groups -OCH3 is 1. The number of nitrogens with zero attached hydrogens (tertiary/aromatic N) is 1. The van der Waals surface area contributed by atoms with Crippen LogP contribution in [-0.2, 0) is 10.0 Å². The van der Waals surface area contributed by atoms with Gasteiger partial charge in [-0.05, 0) is 30.4 Å². The Labute approximate surface area is 153 Å². The highest BCUT2D eigenvalue weighted by molar-refractivity contribution is 7.89. The summed E-state index contributed by atoms with van der Waals surface area (Å²) < 4.78 is 32.6. The van der Waals surface area contributed by atoms with Crippen molar-refractivity contribution in [3.8, 4) is 5.75 Å². The van der Waals surface area contributed by atoms with Crippen LogP contribution < -0.4 is 4.74 Å². The molecule has 0 amide bonds. The van der Waals surface area contributed by atoms with Crippen molar-refractivity contribution in [2.45, 2.75) is 38.0 Å². The van der Waals surface area contributed by atoms with Crippen molar-refractivity contribution in [1.82, 2.24) is 4.31 Å². The molecule has 0 saturated carbocycles. The molecule has 1 heterocycles. The molecule has 0 aliphatic carbocycles. The van der Waals surface area contributed by atoms with Gasteiger partial charge in [-0.2, -0.15) is 4.31 Å². The Bertz CT molecular complexity index is 738. The third kappa shape index (κ3) is 4.10. The van der Waals surface area contributed by atoms with Crippen molar-refractivity contribution in [2.24, 2.45) is 11.8 Å². The van der Waals surface area contributed by atoms with E-state index >= 15 is 0 Å². The zero-order valence-electron chi connectivity index (χ0n) is 14.7. The van der Waals surface area contributed by atoms with Crippen molar-refractivity contribution >= 4 is 27.6 Å². The number of piperidine rings is 1. The first kappa shape index (κ1) is 20.0. The Hall–Kier alpha value is -1.31. The normalized spacial score (nSPS) is 21.9. The van der Waals surface area contributed by atoms with E-state index in [2.05, 4.69) is 13.8 Å². The molecule has 1 N–H and O–H groups in total. The van der Waals surface area contributed by atoms with Gasteiger partial charge in [-0.25, -0.2) is 13.2 Å². The Morgan fingerprint density at radius 2 is 1.84 bits per heavy atom. The maximum atomic E-state index is 13.1. The number of ether oxygens (including phenoxy) is 1. The van der Waals surface area contributed by atoms with Gasteiger partial charge in [0.15, 0.2) is 5.75 Å². The molecule has 8 heteroatoms. The predicted molar refractivity (Wildman–Crippen MR) is 95.9 cm³/mol. The fourth-order valence-corrected chi connectivity index (χ4v) is 5.30. The van der Waals surface area contributed by atoms with Gasteiger partial charge in [0.2, 0.25) is 10.0 Å². The number of hydrogen-bond donors (Lipinski definition) is 1. The highest BCUT2D eigenvalue weighted by Gasteiger charge is 2.34. The zero-order valence-corrected chi connectivity index (χ0v) is 16.2. The lowest BCUT2D eigenvalue weighted by Gasteiger charge is -2.36. The molecule has 6 nitrogen and oxygen atoms in total. The lowest BCUT2D eigenvalue weighted by atomic mass is 9.87. The van der Waals surface area contributed by atoms with Gasteiger partial charge in [0.05, 0.1) is 17.0 Å². The summed E-state index contributed by atoms with van der Waals surface area (Å²) in [6, 6.07) is 2.39. The average molecular weight is 390 g/mol. The van der Waals surface area contributed by atoms with E-state index in [-0.39, 0.29) is 21.2 Å². The van der Waals surface area contributed by atoms with Gasteiger partial charge in [0.25, 0.3) is 0 Å². The second-order valence-electron chi connectivity index (χ2n) is 6.40. The number of sulfonamides is 1. The van der Waals surface area contributed by atoms with E-state index in [1.54, 1.807) is 0 Å². The highest BCUT2D eigenvalue weighted by Crippen LogP contribution is 2.35. The van der Waals surface area contributed by atoms with Crippen LogP contribution in [0.2, 0.25) is 5.02 Å². The van der Waals surface area contributed by atoms with Crippen molar-refractivity contribution in [3.63, 3.8) is 0 Å². The Balaban J connectivity index is 2.47. The molecule has 1 aliphatic rings. The van der Waals surface area contributed by atoms with Crippen LogP contribution in [0.15, 0.2) is 17.0 Å². The van der Waals surface area contributed by atoms with Crippen LogP contribution in [0.5, 0.6) is 5.75 Å². The topological polar surface area (TPSA) is 83.9 Å². The summed E-state index contributed by atoms with van der Waals surface area (Å²) in [5.74, 6) is -0.709. The number of carboxylic acids is 1. The van der Waals surface area contributed by atoms with Crippen molar-refractivity contribution in [3.05, 3.63) is 22.7 Å². The lowest BCUT2D eigenvalue weighted by molar-refractivity contribution is 0.0693. The third-order valence-electron chi connectivity index (χ3n) is 4.83. The summed E-state index contributed by atoms with van der Waals surface area (Å²) in [4.78, 5) is 11.3. The van der Waals surface area contributed by atoms with Gasteiger partial charge in [-0.3, -0.25) is 0 Å². The van der Waals surface area contributed by atoms with Crippen LogP contribution >= 0.6 is 11.6 Å². The second kappa shape index (κ2) is 7.93. The van der Waals surface area contributed by atoms with Gasteiger partial charge < -0.3 is 9.84 Å². The molecule has 2 rings (SSSR count). The summed E-state index contributed by atoms with van der Waals surface area (Å²) in [6.07, 6.45) is 2.83. The Morgan fingerprint density at radius 3 is 2.28 bits per heavy atom. The molecule has 2 atom stereocenters. The first-order chi connectivity index (χ1) is 11.7. The summed E-state index contributed by atoms with van der Waals surface area (Å²) in [7, 11) is -2.53. The van der Waals surface area contributed by atoms with Crippen LogP contribution in [0, 0.1) is 11.8 Å². The molecule has 1 aromatic carbocycles. The smallest absolute Gasteiger partial charge is 0.339 e. The van der Waals surface area contributed by atoms with E-state index in [1.807, 2.05) is 0 Å². The van der Waals surface area contributed by atoms with Gasteiger partial charge in [0, 0.05) is 13.1 Å².